The van der Waals surface area contributed by atoms with Crippen molar-refractivity contribution in [3.63, 3.8) is 0 Å². The lowest BCUT2D eigenvalue weighted by Gasteiger charge is -2.23. The fraction of sp³-hybridized carbons (Fsp3) is 0.323. The van der Waals surface area contributed by atoms with Crippen molar-refractivity contribution in [3.8, 4) is 40.0 Å². The van der Waals surface area contributed by atoms with Crippen LogP contribution < -0.4 is 9.47 Å². The summed E-state index contributed by atoms with van der Waals surface area (Å²) in [6.45, 7) is 0.692. The number of nitriles is 1. The number of nitrogens with zero attached hydrogens (tertiary/aromatic N) is 3. The maximum atomic E-state index is 13.7. The van der Waals surface area contributed by atoms with Crippen molar-refractivity contribution in [3.05, 3.63) is 65.9 Å². The number of furan rings is 1. The van der Waals surface area contributed by atoms with Gasteiger partial charge in [0.1, 0.15) is 34.9 Å². The summed E-state index contributed by atoms with van der Waals surface area (Å²) in [5.41, 5.74) is 3.89. The number of aromatic nitrogens is 1. The Bertz CT molecular complexity index is 1660. The standard InChI is InChI=1S/C31H27F2N3O5/c1-38-27-15-20(30(37)36-11-9-31(32,33)18-36)2-4-24(27)28-16-25-29(41-28)23(6-10-35-25)19-3-5-26(21(14-19)17-34)40-22-7-12-39-13-8-22/h2-6,10,14-16,22H,7-9,11-13,18H2,1H3. The quantitative estimate of drug-likeness (QED) is 0.282. The van der Waals surface area contributed by atoms with Gasteiger partial charge in [-0.3, -0.25) is 9.78 Å². The molecule has 0 radical (unpaired) electrons. The first-order valence-corrected chi connectivity index (χ1v) is 13.4. The van der Waals surface area contributed by atoms with Gasteiger partial charge in [0, 0.05) is 49.2 Å². The normalized spacial score (nSPS) is 17.0. The summed E-state index contributed by atoms with van der Waals surface area (Å²) >= 11 is 0. The van der Waals surface area contributed by atoms with E-state index in [1.54, 1.807) is 36.5 Å². The number of methoxy groups -OCH3 is 1. The zero-order valence-electron chi connectivity index (χ0n) is 22.4. The van der Waals surface area contributed by atoms with E-state index in [4.69, 9.17) is 18.6 Å². The van der Waals surface area contributed by atoms with E-state index in [1.165, 1.54) is 13.2 Å². The van der Waals surface area contributed by atoms with Gasteiger partial charge in [0.25, 0.3) is 11.8 Å². The highest BCUT2D eigenvalue weighted by molar-refractivity contribution is 5.97. The molecule has 2 aliphatic rings. The molecule has 2 fully saturated rings. The van der Waals surface area contributed by atoms with Crippen LogP contribution in [0.25, 0.3) is 33.6 Å². The van der Waals surface area contributed by atoms with E-state index in [0.717, 1.165) is 28.9 Å². The molecular weight excluding hydrogens is 532 g/mol. The fourth-order valence-corrected chi connectivity index (χ4v) is 5.28. The first-order chi connectivity index (χ1) is 19.8. The molecule has 2 saturated heterocycles. The third-order valence-electron chi connectivity index (χ3n) is 7.46. The third-order valence-corrected chi connectivity index (χ3v) is 7.46. The number of alkyl halides is 2. The lowest BCUT2D eigenvalue weighted by molar-refractivity contribution is 0.0120. The number of fused-ring (bicyclic) bond motifs is 1. The first kappa shape index (κ1) is 26.7. The van der Waals surface area contributed by atoms with Gasteiger partial charge in [-0.2, -0.15) is 5.26 Å². The lowest BCUT2D eigenvalue weighted by Crippen LogP contribution is -2.31. The Morgan fingerprint density at radius 1 is 1.10 bits per heavy atom. The van der Waals surface area contributed by atoms with Crippen LogP contribution in [-0.4, -0.2) is 61.2 Å². The van der Waals surface area contributed by atoms with E-state index in [2.05, 4.69) is 11.1 Å². The van der Waals surface area contributed by atoms with Crippen LogP contribution in [0.5, 0.6) is 11.5 Å². The van der Waals surface area contributed by atoms with Crippen LogP contribution in [0.15, 0.2) is 59.1 Å². The topological polar surface area (TPSA) is 97.8 Å². The number of benzene rings is 2. The summed E-state index contributed by atoms with van der Waals surface area (Å²) in [6, 6.07) is 16.1. The van der Waals surface area contributed by atoms with Gasteiger partial charge in [-0.1, -0.05) is 6.07 Å². The molecule has 2 aromatic carbocycles. The SMILES string of the molecule is COc1cc(C(=O)N2CCC(F)(F)C2)ccc1-c1cc2nccc(-c3ccc(OC4CCOCC4)c(C#N)c3)c2o1. The van der Waals surface area contributed by atoms with Crippen molar-refractivity contribution < 1.29 is 32.2 Å². The van der Waals surface area contributed by atoms with E-state index >= 15 is 0 Å². The molecule has 8 nitrogen and oxygen atoms in total. The van der Waals surface area contributed by atoms with E-state index in [9.17, 15) is 18.8 Å². The Morgan fingerprint density at radius 2 is 1.93 bits per heavy atom. The highest BCUT2D eigenvalue weighted by atomic mass is 19.3. The molecule has 4 aromatic rings. The summed E-state index contributed by atoms with van der Waals surface area (Å²) < 4.78 is 50.6. The highest BCUT2D eigenvalue weighted by Gasteiger charge is 2.40. The predicted molar refractivity (Wildman–Crippen MR) is 146 cm³/mol. The van der Waals surface area contributed by atoms with E-state index in [0.29, 0.717) is 52.7 Å². The summed E-state index contributed by atoms with van der Waals surface area (Å²) in [7, 11) is 1.47. The van der Waals surface area contributed by atoms with Gasteiger partial charge in [-0.25, -0.2) is 8.78 Å². The van der Waals surface area contributed by atoms with Crippen LogP contribution >= 0.6 is 0 Å². The van der Waals surface area contributed by atoms with Gasteiger partial charge in [-0.15, -0.1) is 0 Å². The van der Waals surface area contributed by atoms with Gasteiger partial charge in [0.2, 0.25) is 0 Å². The molecular formula is C31H27F2N3O5. The predicted octanol–water partition coefficient (Wildman–Crippen LogP) is 6.08. The van der Waals surface area contributed by atoms with Gasteiger partial charge >= 0.3 is 0 Å². The molecule has 0 aliphatic carbocycles. The number of rotatable bonds is 6. The molecule has 1 amide bonds. The first-order valence-electron chi connectivity index (χ1n) is 13.4. The summed E-state index contributed by atoms with van der Waals surface area (Å²) in [5.74, 6) is -1.99. The Kier molecular flexibility index (Phi) is 7.05. The van der Waals surface area contributed by atoms with Crippen LogP contribution in [-0.2, 0) is 4.74 Å². The van der Waals surface area contributed by atoms with E-state index in [-0.39, 0.29) is 24.6 Å². The molecule has 10 heteroatoms. The summed E-state index contributed by atoms with van der Waals surface area (Å²) in [5, 5.41) is 9.83. The fourth-order valence-electron chi connectivity index (χ4n) is 5.28. The van der Waals surface area contributed by atoms with Crippen molar-refractivity contribution in [1.29, 1.82) is 5.26 Å². The number of amides is 1. The van der Waals surface area contributed by atoms with Crippen molar-refractivity contribution >= 4 is 17.0 Å². The van der Waals surface area contributed by atoms with Gasteiger partial charge in [0.15, 0.2) is 5.58 Å². The molecule has 41 heavy (non-hydrogen) atoms. The average molecular weight is 560 g/mol. The molecule has 6 rings (SSSR count). The van der Waals surface area contributed by atoms with Gasteiger partial charge in [0.05, 0.1) is 38.0 Å². The number of hydrogen-bond acceptors (Lipinski definition) is 7. The summed E-state index contributed by atoms with van der Waals surface area (Å²) in [4.78, 5) is 18.5. The van der Waals surface area contributed by atoms with Crippen molar-refractivity contribution in [2.45, 2.75) is 31.3 Å². The van der Waals surface area contributed by atoms with Gasteiger partial charge < -0.3 is 23.5 Å². The smallest absolute Gasteiger partial charge is 0.267 e. The zero-order valence-corrected chi connectivity index (χ0v) is 22.4. The van der Waals surface area contributed by atoms with Gasteiger partial charge in [-0.05, 0) is 42.0 Å². The molecule has 4 heterocycles. The number of likely N-dealkylation sites (tertiary alicyclic amines) is 1. The lowest BCUT2D eigenvalue weighted by atomic mass is 10.0. The summed E-state index contributed by atoms with van der Waals surface area (Å²) in [6.07, 6.45) is 2.89. The minimum Gasteiger partial charge on any atom is -0.496 e. The number of hydrogen-bond donors (Lipinski definition) is 0. The Labute approximate surface area is 235 Å². The second-order valence-corrected chi connectivity index (χ2v) is 10.2. The molecule has 0 spiro atoms. The third kappa shape index (κ3) is 5.33. The van der Waals surface area contributed by atoms with Crippen LogP contribution in [0.4, 0.5) is 8.78 Å². The Balaban J connectivity index is 1.31. The maximum absolute atomic E-state index is 13.7. The second-order valence-electron chi connectivity index (χ2n) is 10.2. The van der Waals surface area contributed by atoms with Crippen LogP contribution in [0.1, 0.15) is 35.2 Å². The van der Waals surface area contributed by atoms with Crippen molar-refractivity contribution in [2.75, 3.05) is 33.4 Å². The van der Waals surface area contributed by atoms with Crippen molar-refractivity contribution in [2.24, 2.45) is 0 Å². The molecule has 0 bridgehead atoms. The van der Waals surface area contributed by atoms with Crippen LogP contribution in [0.2, 0.25) is 0 Å². The van der Waals surface area contributed by atoms with Crippen LogP contribution in [0, 0.1) is 11.3 Å². The minimum absolute atomic E-state index is 0.00405. The molecule has 210 valence electrons. The largest absolute Gasteiger partial charge is 0.496 e. The maximum Gasteiger partial charge on any atom is 0.267 e. The molecule has 0 saturated carbocycles. The molecule has 0 N–H and O–H groups in total. The Hall–Kier alpha value is -4.49. The molecule has 0 unspecified atom stereocenters. The molecule has 2 aliphatic heterocycles. The number of halogens is 2. The number of pyridine rings is 1. The molecule has 0 atom stereocenters. The number of carbonyl (C=O) groups is 1. The zero-order chi connectivity index (χ0) is 28.6. The average Bonchev–Trinajstić information content (AvgIpc) is 3.60. The number of ether oxygens (including phenoxy) is 3. The monoisotopic (exact) mass is 559 g/mol. The second kappa shape index (κ2) is 10.8. The van der Waals surface area contributed by atoms with Crippen LogP contribution in [0.3, 0.4) is 0 Å². The van der Waals surface area contributed by atoms with E-state index in [1.807, 2.05) is 12.1 Å². The van der Waals surface area contributed by atoms with E-state index < -0.39 is 18.4 Å². The minimum atomic E-state index is -2.87. The Morgan fingerprint density at radius 3 is 2.66 bits per heavy atom. The van der Waals surface area contributed by atoms with Crippen molar-refractivity contribution in [1.82, 2.24) is 9.88 Å². The molecule has 2 aromatic heterocycles. The highest BCUT2D eigenvalue weighted by Crippen LogP contribution is 2.39. The number of carbonyl (C=O) groups excluding carboxylic acids is 1.